The molecule has 108 valence electrons. The Hall–Kier alpha value is -1.53. The highest BCUT2D eigenvalue weighted by Gasteiger charge is 2.43. The van der Waals surface area contributed by atoms with Gasteiger partial charge in [-0.2, -0.15) is 11.8 Å². The number of carbonyl (C=O) groups is 2. The van der Waals surface area contributed by atoms with Crippen LogP contribution in [0.5, 0.6) is 0 Å². The van der Waals surface area contributed by atoms with Gasteiger partial charge in [0.1, 0.15) is 12.1 Å². The first-order chi connectivity index (χ1) is 9.62. The molecule has 1 saturated heterocycles. The molecule has 0 bridgehead atoms. The zero-order valence-corrected chi connectivity index (χ0v) is 11.8. The molecular weight excluding hydrogens is 278 g/mol. The van der Waals surface area contributed by atoms with E-state index in [1.165, 1.54) is 11.8 Å². The molecule has 5 nitrogen and oxygen atoms in total. The highest BCUT2D eigenvalue weighted by atomic mass is 32.2. The molecule has 0 spiro atoms. The van der Waals surface area contributed by atoms with Crippen molar-refractivity contribution < 1.29 is 19.4 Å². The van der Waals surface area contributed by atoms with Crippen LogP contribution in [0.3, 0.4) is 0 Å². The molecule has 0 unspecified atom stereocenters. The molecule has 1 amide bonds. The molecule has 1 atom stereocenters. The van der Waals surface area contributed by atoms with Crippen molar-refractivity contribution in [1.29, 1.82) is 0 Å². The number of aliphatic carboxylic acids is 1. The molecule has 2 N–H and O–H groups in total. The van der Waals surface area contributed by atoms with E-state index in [0.29, 0.717) is 18.8 Å². The van der Waals surface area contributed by atoms with Gasteiger partial charge in [0.05, 0.1) is 6.61 Å². The van der Waals surface area contributed by atoms with Crippen LogP contribution in [0.25, 0.3) is 0 Å². The van der Waals surface area contributed by atoms with Gasteiger partial charge < -0.3 is 15.2 Å². The summed E-state index contributed by atoms with van der Waals surface area (Å²) < 4.78 is 5.30. The summed E-state index contributed by atoms with van der Waals surface area (Å²) in [5.41, 5.74) is -0.151. The van der Waals surface area contributed by atoms with E-state index in [0.717, 1.165) is 11.3 Å². The quantitative estimate of drug-likeness (QED) is 0.827. The number of amides is 1. The summed E-state index contributed by atoms with van der Waals surface area (Å²) >= 11 is 1.54. The number of carboxylic acid groups (broad SMARTS) is 1. The van der Waals surface area contributed by atoms with Crippen LogP contribution in [0, 0.1) is 0 Å². The van der Waals surface area contributed by atoms with Gasteiger partial charge in [-0.3, -0.25) is 4.79 Å². The maximum absolute atomic E-state index is 11.8. The summed E-state index contributed by atoms with van der Waals surface area (Å²) in [7, 11) is 0. The average molecular weight is 295 g/mol. The van der Waals surface area contributed by atoms with E-state index < -0.39 is 11.5 Å². The van der Waals surface area contributed by atoms with E-state index >= 15 is 0 Å². The highest BCUT2D eigenvalue weighted by Crippen LogP contribution is 2.28. The average Bonchev–Trinajstić information content (AvgIpc) is 2.90. The lowest BCUT2D eigenvalue weighted by molar-refractivity contribution is -0.147. The Morgan fingerprint density at radius 2 is 2.10 bits per heavy atom. The minimum absolute atomic E-state index is 0.130. The second kappa shape index (κ2) is 6.76. The Bertz CT molecular complexity index is 471. The summed E-state index contributed by atoms with van der Waals surface area (Å²) in [5, 5.41) is 11.8. The molecule has 0 aliphatic carbocycles. The van der Waals surface area contributed by atoms with Crippen molar-refractivity contribution in [2.45, 2.75) is 18.6 Å². The van der Waals surface area contributed by atoms with Crippen molar-refractivity contribution in [1.82, 2.24) is 5.32 Å². The highest BCUT2D eigenvalue weighted by molar-refractivity contribution is 7.99. The molecule has 1 aliphatic rings. The molecule has 0 saturated carbocycles. The van der Waals surface area contributed by atoms with Crippen LogP contribution in [0.2, 0.25) is 0 Å². The standard InChI is InChI=1S/C14H17NO4S/c16-12(9-19-8-11-4-2-1-3-5-11)15-14(13(17)18)6-7-20-10-14/h1-5H,6-10H2,(H,15,16)(H,17,18)/t14-/m1/s1. The second-order valence-corrected chi connectivity index (χ2v) is 5.82. The lowest BCUT2D eigenvalue weighted by Crippen LogP contribution is -2.55. The maximum atomic E-state index is 11.8. The maximum Gasteiger partial charge on any atom is 0.330 e. The summed E-state index contributed by atoms with van der Waals surface area (Å²) in [6.45, 7) is 0.206. The van der Waals surface area contributed by atoms with E-state index in [1.54, 1.807) is 0 Å². The lowest BCUT2D eigenvalue weighted by Gasteiger charge is -2.24. The lowest BCUT2D eigenvalue weighted by atomic mass is 9.99. The number of hydrogen-bond acceptors (Lipinski definition) is 4. The van der Waals surface area contributed by atoms with Crippen molar-refractivity contribution >= 4 is 23.6 Å². The van der Waals surface area contributed by atoms with Crippen molar-refractivity contribution in [2.75, 3.05) is 18.1 Å². The normalized spacial score (nSPS) is 21.6. The Labute approximate surface area is 121 Å². The van der Waals surface area contributed by atoms with Crippen LogP contribution < -0.4 is 5.32 Å². The number of carbonyl (C=O) groups excluding carboxylic acids is 1. The minimum Gasteiger partial charge on any atom is -0.479 e. The molecule has 20 heavy (non-hydrogen) atoms. The second-order valence-electron chi connectivity index (χ2n) is 4.72. The van der Waals surface area contributed by atoms with Crippen molar-refractivity contribution in [3.8, 4) is 0 Å². The summed E-state index contributed by atoms with van der Waals surface area (Å²) in [6.07, 6.45) is 0.456. The van der Waals surface area contributed by atoms with E-state index in [4.69, 9.17) is 4.74 Å². The van der Waals surface area contributed by atoms with Crippen molar-refractivity contribution in [3.05, 3.63) is 35.9 Å². The Morgan fingerprint density at radius 3 is 2.70 bits per heavy atom. The van der Waals surface area contributed by atoms with Gasteiger partial charge in [0.25, 0.3) is 0 Å². The third-order valence-electron chi connectivity index (χ3n) is 3.15. The first-order valence-electron chi connectivity index (χ1n) is 6.36. The molecule has 1 aromatic rings. The van der Waals surface area contributed by atoms with Crippen LogP contribution in [0.4, 0.5) is 0 Å². The number of hydrogen-bond donors (Lipinski definition) is 2. The number of carboxylic acids is 1. The van der Waals surface area contributed by atoms with Gasteiger partial charge in [-0.15, -0.1) is 0 Å². The van der Waals surface area contributed by atoms with Crippen LogP contribution in [-0.2, 0) is 20.9 Å². The molecule has 1 aromatic carbocycles. The molecule has 1 fully saturated rings. The molecule has 0 aromatic heterocycles. The van der Waals surface area contributed by atoms with Gasteiger partial charge in [-0.25, -0.2) is 4.79 Å². The van der Waals surface area contributed by atoms with E-state index in [2.05, 4.69) is 5.32 Å². The number of thioether (sulfide) groups is 1. The molecular formula is C14H17NO4S. The topological polar surface area (TPSA) is 75.6 Å². The van der Waals surface area contributed by atoms with Crippen LogP contribution in [-0.4, -0.2) is 40.6 Å². The largest absolute Gasteiger partial charge is 0.479 e. The third kappa shape index (κ3) is 3.74. The zero-order valence-electron chi connectivity index (χ0n) is 11.0. The van der Waals surface area contributed by atoms with Gasteiger partial charge in [0.2, 0.25) is 5.91 Å². The smallest absolute Gasteiger partial charge is 0.330 e. The Morgan fingerprint density at radius 1 is 1.35 bits per heavy atom. The molecule has 0 radical (unpaired) electrons. The molecule has 1 heterocycles. The number of benzene rings is 1. The zero-order chi connectivity index (χ0) is 14.4. The van der Waals surface area contributed by atoms with E-state index in [9.17, 15) is 14.7 Å². The van der Waals surface area contributed by atoms with Crippen LogP contribution >= 0.6 is 11.8 Å². The summed E-state index contributed by atoms with van der Waals surface area (Å²) in [6, 6.07) is 9.51. The SMILES string of the molecule is O=C(COCc1ccccc1)N[C@]1(C(=O)O)CCSC1. The van der Waals surface area contributed by atoms with Gasteiger partial charge in [0.15, 0.2) is 0 Å². The number of ether oxygens (including phenoxy) is 1. The third-order valence-corrected chi connectivity index (χ3v) is 4.34. The van der Waals surface area contributed by atoms with Crippen LogP contribution in [0.1, 0.15) is 12.0 Å². The van der Waals surface area contributed by atoms with Gasteiger partial charge in [0, 0.05) is 5.75 Å². The van der Waals surface area contributed by atoms with Gasteiger partial charge >= 0.3 is 5.97 Å². The van der Waals surface area contributed by atoms with E-state index in [-0.39, 0.29) is 12.5 Å². The fourth-order valence-electron chi connectivity index (χ4n) is 2.02. The van der Waals surface area contributed by atoms with Crippen molar-refractivity contribution in [2.24, 2.45) is 0 Å². The fourth-order valence-corrected chi connectivity index (χ4v) is 3.35. The van der Waals surface area contributed by atoms with Crippen molar-refractivity contribution in [3.63, 3.8) is 0 Å². The first kappa shape index (κ1) is 14.9. The Kier molecular flexibility index (Phi) is 5.03. The predicted molar refractivity (Wildman–Crippen MR) is 76.5 cm³/mol. The van der Waals surface area contributed by atoms with Gasteiger partial charge in [-0.05, 0) is 17.7 Å². The Balaban J connectivity index is 1.79. The fraction of sp³-hybridized carbons (Fsp3) is 0.429. The monoisotopic (exact) mass is 295 g/mol. The molecule has 6 heteroatoms. The predicted octanol–water partition coefficient (Wildman–Crippen LogP) is 1.28. The van der Waals surface area contributed by atoms with E-state index in [1.807, 2.05) is 30.3 Å². The first-order valence-corrected chi connectivity index (χ1v) is 7.52. The molecule has 2 rings (SSSR count). The molecule has 1 aliphatic heterocycles. The number of rotatable bonds is 6. The summed E-state index contributed by atoms with van der Waals surface area (Å²) in [5.74, 6) is -0.200. The minimum atomic E-state index is -1.13. The van der Waals surface area contributed by atoms with Gasteiger partial charge in [-0.1, -0.05) is 30.3 Å². The number of nitrogens with one attached hydrogen (secondary N) is 1. The summed E-state index contributed by atoms with van der Waals surface area (Å²) in [4.78, 5) is 23.1. The van der Waals surface area contributed by atoms with Crippen LogP contribution in [0.15, 0.2) is 30.3 Å².